The van der Waals surface area contributed by atoms with E-state index in [0.717, 1.165) is 0 Å². The monoisotopic (exact) mass is 492 g/mol. The summed E-state index contributed by atoms with van der Waals surface area (Å²) in [6.45, 7) is -0.145. The van der Waals surface area contributed by atoms with E-state index in [9.17, 15) is 19.8 Å². The van der Waals surface area contributed by atoms with Crippen LogP contribution in [0.25, 0.3) is 0 Å². The van der Waals surface area contributed by atoms with Crippen LogP contribution in [0, 0.1) is 0 Å². The van der Waals surface area contributed by atoms with E-state index >= 15 is 0 Å². The molecule has 0 atom stereocenters. The van der Waals surface area contributed by atoms with E-state index < -0.39 is 11.8 Å². The Labute approximate surface area is 201 Å². The van der Waals surface area contributed by atoms with E-state index in [1.165, 1.54) is 38.5 Å². The van der Waals surface area contributed by atoms with Crippen molar-refractivity contribution < 1.29 is 46.2 Å². The van der Waals surface area contributed by atoms with Gasteiger partial charge in [0.2, 0.25) is 6.33 Å². The number of carbonyl (C=O) groups excluding carboxylic acids is 2. The first kappa shape index (κ1) is 25.9. The van der Waals surface area contributed by atoms with E-state index in [1.807, 2.05) is 0 Å². The lowest BCUT2D eigenvalue weighted by Gasteiger charge is -2.11. The maximum atomic E-state index is 12.4. The quantitative estimate of drug-likeness (QED) is 0.115. The fraction of sp³-hybridized carbons (Fsp3) is 0.190. The molecule has 0 aliphatic carbocycles. The average Bonchev–Trinajstić information content (AvgIpc) is 3.18. The van der Waals surface area contributed by atoms with Crippen molar-refractivity contribution in [1.82, 2.24) is 4.57 Å². The van der Waals surface area contributed by atoms with Gasteiger partial charge in [-0.3, -0.25) is 9.59 Å². The number of nitrogens with two attached hydrogens (primary N) is 2. The number of rotatable bonds is 8. The molecule has 3 rings (SSSR count). The number of imidazole rings is 1. The molecule has 0 radical (unpaired) electrons. The number of nitrogens with zero attached hydrogens (tertiary/aromatic N) is 2. The fourth-order valence-electron chi connectivity index (χ4n) is 3.06. The van der Waals surface area contributed by atoms with E-state index in [0.29, 0.717) is 11.5 Å². The average molecular weight is 493 g/mol. The number of methoxy groups -OCH3 is 2. The van der Waals surface area contributed by atoms with Crippen LogP contribution in [0.4, 0.5) is 22.7 Å². The first-order valence-corrected chi connectivity index (χ1v) is 9.67. The molecule has 0 unspecified atom stereocenters. The molecule has 3 aromatic rings. The van der Waals surface area contributed by atoms with E-state index in [2.05, 4.69) is 10.6 Å². The number of hydrogen-bond acceptors (Lipinski definition) is 8. The van der Waals surface area contributed by atoms with Crippen LogP contribution in [0.2, 0.25) is 0 Å². The van der Waals surface area contributed by atoms with Gasteiger partial charge < -0.3 is 54.2 Å². The zero-order valence-corrected chi connectivity index (χ0v) is 19.2. The molecular weight excluding hydrogens is 468 g/mol. The summed E-state index contributed by atoms with van der Waals surface area (Å²) in [6, 6.07) is 5.41. The molecule has 34 heavy (non-hydrogen) atoms. The number of anilines is 4. The molecule has 12 nitrogen and oxygen atoms in total. The number of phenolic OH excluding ortho intramolecular Hbond substituents is 2. The molecule has 1 aromatic heterocycles. The zero-order chi connectivity index (χ0) is 24.1. The second kappa shape index (κ2) is 11.0. The van der Waals surface area contributed by atoms with Gasteiger partial charge in [-0.1, -0.05) is 0 Å². The lowest BCUT2D eigenvalue weighted by Crippen LogP contribution is -3.00. The predicted octanol–water partition coefficient (Wildman–Crippen LogP) is -2.35. The number of carbonyl (C=O) groups is 2. The topological polar surface area (TPSA) is 178 Å². The van der Waals surface area contributed by atoms with Crippen LogP contribution >= 0.6 is 0 Å². The first-order valence-electron chi connectivity index (χ1n) is 9.67. The van der Waals surface area contributed by atoms with Crippen LogP contribution in [-0.2, 0) is 22.7 Å². The molecule has 0 saturated heterocycles. The first-order chi connectivity index (χ1) is 15.7. The minimum absolute atomic E-state index is 0. The molecule has 0 aliphatic heterocycles. The van der Waals surface area contributed by atoms with Crippen molar-refractivity contribution in [3.05, 3.63) is 43.0 Å². The van der Waals surface area contributed by atoms with Crippen LogP contribution in [-0.4, -0.2) is 40.8 Å². The molecule has 2 amide bonds. The minimum Gasteiger partial charge on any atom is -1.00 e. The van der Waals surface area contributed by atoms with Gasteiger partial charge in [0.1, 0.15) is 35.4 Å². The Morgan fingerprint density at radius 2 is 1.44 bits per heavy atom. The molecule has 0 saturated carbocycles. The second-order valence-electron chi connectivity index (χ2n) is 7.08. The van der Waals surface area contributed by atoms with Gasteiger partial charge in [0.15, 0.2) is 13.1 Å². The third kappa shape index (κ3) is 6.13. The van der Waals surface area contributed by atoms with Crippen molar-refractivity contribution in [1.29, 1.82) is 0 Å². The third-order valence-corrected chi connectivity index (χ3v) is 4.64. The number of aromatic hydroxyl groups is 2. The molecule has 1 heterocycles. The van der Waals surface area contributed by atoms with Gasteiger partial charge >= 0.3 is 0 Å². The van der Waals surface area contributed by atoms with E-state index in [4.69, 9.17) is 20.9 Å². The summed E-state index contributed by atoms with van der Waals surface area (Å²) >= 11 is 0. The smallest absolute Gasteiger partial charge is 0.266 e. The molecule has 0 bridgehead atoms. The number of halogens is 1. The highest BCUT2D eigenvalue weighted by Crippen LogP contribution is 2.34. The highest BCUT2D eigenvalue weighted by Gasteiger charge is 2.16. The largest absolute Gasteiger partial charge is 1.00 e. The van der Waals surface area contributed by atoms with Crippen molar-refractivity contribution in [3.8, 4) is 23.0 Å². The molecule has 8 N–H and O–H groups in total. The van der Waals surface area contributed by atoms with Gasteiger partial charge in [-0.25, -0.2) is 9.13 Å². The molecule has 0 fully saturated rings. The van der Waals surface area contributed by atoms with Gasteiger partial charge in [-0.15, -0.1) is 0 Å². The van der Waals surface area contributed by atoms with Crippen LogP contribution in [0.5, 0.6) is 23.0 Å². The number of benzene rings is 2. The Balaban J connectivity index is 0.00000408. The molecule has 0 aliphatic rings. The number of amides is 2. The minimum atomic E-state index is -0.414. The molecule has 2 aromatic carbocycles. The molecule has 182 valence electrons. The lowest BCUT2D eigenvalue weighted by molar-refractivity contribution is -0.683. The van der Waals surface area contributed by atoms with Gasteiger partial charge in [-0.2, -0.15) is 0 Å². The summed E-state index contributed by atoms with van der Waals surface area (Å²) in [5.74, 6) is -0.575. The summed E-state index contributed by atoms with van der Waals surface area (Å²) in [4.78, 5) is 24.7. The maximum absolute atomic E-state index is 12.4. The Kier molecular flexibility index (Phi) is 8.40. The number of nitrogens with one attached hydrogen (secondary N) is 2. The van der Waals surface area contributed by atoms with E-state index in [1.54, 1.807) is 27.9 Å². The standard InChI is InChI=1S/C21H24N6O6.ClH/c1-32-18-7-14(16(28)5-12(18)22)24-20(30)9-26-3-4-27(11-26)10-21(31)25-15-8-19(33-2)13(23)6-17(15)29;/h3-8,11H,9-10,22-23H2,1-2H3,(H3-,24,25,28,29,30,31);1H. The number of hydrogen-bond donors (Lipinski definition) is 6. The number of phenols is 2. The molecular formula is C21H25ClN6O6. The summed E-state index contributed by atoms with van der Waals surface area (Å²) in [6.07, 6.45) is 4.78. The van der Waals surface area contributed by atoms with Gasteiger partial charge in [0, 0.05) is 24.3 Å². The summed E-state index contributed by atoms with van der Waals surface area (Å²) < 4.78 is 13.3. The normalized spacial score (nSPS) is 10.2. The van der Waals surface area contributed by atoms with Gasteiger partial charge in [-0.05, 0) is 0 Å². The van der Waals surface area contributed by atoms with Crippen molar-refractivity contribution in [2.75, 3.05) is 36.3 Å². The van der Waals surface area contributed by atoms with Gasteiger partial charge in [0.05, 0.1) is 37.0 Å². The second-order valence-corrected chi connectivity index (χ2v) is 7.08. The Bertz CT molecular complexity index is 1110. The predicted molar refractivity (Wildman–Crippen MR) is 120 cm³/mol. The number of ether oxygens (including phenoxy) is 2. The molecule has 0 spiro atoms. The summed E-state index contributed by atoms with van der Waals surface area (Å²) in [5, 5.41) is 25.1. The van der Waals surface area contributed by atoms with Crippen molar-refractivity contribution in [2.45, 2.75) is 13.1 Å². The maximum Gasteiger partial charge on any atom is 0.266 e. The van der Waals surface area contributed by atoms with Crippen molar-refractivity contribution >= 4 is 34.6 Å². The van der Waals surface area contributed by atoms with Crippen molar-refractivity contribution in [3.63, 3.8) is 0 Å². The Morgan fingerprint density at radius 1 is 0.941 bits per heavy atom. The Morgan fingerprint density at radius 3 is 1.94 bits per heavy atom. The highest BCUT2D eigenvalue weighted by atomic mass is 35.5. The fourth-order valence-corrected chi connectivity index (χ4v) is 3.06. The number of aromatic nitrogens is 2. The third-order valence-electron chi connectivity index (χ3n) is 4.64. The molecule has 13 heteroatoms. The van der Waals surface area contributed by atoms with Crippen LogP contribution in [0.3, 0.4) is 0 Å². The van der Waals surface area contributed by atoms with Crippen molar-refractivity contribution in [2.24, 2.45) is 0 Å². The lowest BCUT2D eigenvalue weighted by atomic mass is 10.2. The van der Waals surface area contributed by atoms with Crippen LogP contribution in [0.15, 0.2) is 43.0 Å². The van der Waals surface area contributed by atoms with Crippen LogP contribution in [0.1, 0.15) is 0 Å². The Hall–Kier alpha value is -4.32. The number of nitrogen functional groups attached to an aromatic ring is 2. The highest BCUT2D eigenvalue weighted by molar-refractivity contribution is 5.93. The van der Waals surface area contributed by atoms with Crippen LogP contribution < -0.4 is 48.5 Å². The van der Waals surface area contributed by atoms with E-state index in [-0.39, 0.29) is 59.7 Å². The summed E-state index contributed by atoms with van der Waals surface area (Å²) in [7, 11) is 2.85. The summed E-state index contributed by atoms with van der Waals surface area (Å²) in [5.41, 5.74) is 12.2. The zero-order valence-electron chi connectivity index (χ0n) is 18.4. The SMILES string of the molecule is COc1cc(NC(=O)Cn2cc[n+](CC(=O)Nc3cc(OC)c(N)cc3O)c2)c(O)cc1N.[Cl-]. The van der Waals surface area contributed by atoms with Gasteiger partial charge in [0.25, 0.3) is 11.8 Å².